The lowest BCUT2D eigenvalue weighted by atomic mass is 10.1. The smallest absolute Gasteiger partial charge is 0.0971 e. The molecule has 2 aromatic rings. The zero-order valence-corrected chi connectivity index (χ0v) is 12.6. The van der Waals surface area contributed by atoms with Gasteiger partial charge in [0.2, 0.25) is 0 Å². The van der Waals surface area contributed by atoms with Crippen LogP contribution < -0.4 is 5.73 Å². The number of halogens is 1. The molecule has 2 N–H and O–H groups in total. The van der Waals surface area contributed by atoms with E-state index in [9.17, 15) is 0 Å². The van der Waals surface area contributed by atoms with E-state index in [1.54, 1.807) is 12.4 Å². The third-order valence-electron chi connectivity index (χ3n) is 2.58. The molecule has 0 spiro atoms. The second-order valence-electron chi connectivity index (χ2n) is 4.21. The van der Waals surface area contributed by atoms with Crippen LogP contribution in [0.3, 0.4) is 0 Å². The van der Waals surface area contributed by atoms with Gasteiger partial charge in [-0.2, -0.15) is 13.8 Å². The van der Waals surface area contributed by atoms with E-state index in [1.165, 1.54) is 0 Å². The Morgan fingerprint density at radius 3 is 2.89 bits per heavy atom. The van der Waals surface area contributed by atoms with E-state index in [0.29, 0.717) is 0 Å². The van der Waals surface area contributed by atoms with Crippen molar-refractivity contribution in [1.82, 2.24) is 23.4 Å². The molecule has 2 heterocycles. The Kier molecular flexibility index (Phi) is 4.44. The molecular weight excluding hydrogens is 316 g/mol. The summed E-state index contributed by atoms with van der Waals surface area (Å²) in [5.41, 5.74) is 7.92. The fourth-order valence-corrected chi connectivity index (χ4v) is 2.60. The molecule has 18 heavy (non-hydrogen) atoms. The molecule has 0 saturated carbocycles. The van der Waals surface area contributed by atoms with Crippen LogP contribution in [0.15, 0.2) is 16.9 Å². The molecule has 0 bridgehead atoms. The highest BCUT2D eigenvalue weighted by atomic mass is 79.9. The molecule has 8 heteroatoms. The molecular formula is C10H15BrN6S. The summed E-state index contributed by atoms with van der Waals surface area (Å²) in [6.07, 6.45) is 3.47. The van der Waals surface area contributed by atoms with Gasteiger partial charge in [-0.3, -0.25) is 4.68 Å². The largest absolute Gasteiger partial charge is 0.318 e. The second kappa shape index (κ2) is 5.87. The summed E-state index contributed by atoms with van der Waals surface area (Å²) in [5.74, 6) is 0. The molecule has 1 unspecified atom stereocenters. The molecule has 2 rings (SSSR count). The van der Waals surface area contributed by atoms with Gasteiger partial charge in [0.05, 0.1) is 52.6 Å². The van der Waals surface area contributed by atoms with Crippen LogP contribution >= 0.6 is 27.7 Å². The Bertz CT molecular complexity index is 494. The van der Waals surface area contributed by atoms with E-state index in [2.05, 4.69) is 34.7 Å². The van der Waals surface area contributed by atoms with Crippen molar-refractivity contribution < 1.29 is 0 Å². The van der Waals surface area contributed by atoms with Gasteiger partial charge in [-0.25, -0.2) is 0 Å². The molecule has 1 atom stereocenters. The maximum atomic E-state index is 6.21. The maximum Gasteiger partial charge on any atom is 0.0971 e. The summed E-state index contributed by atoms with van der Waals surface area (Å²) in [4.78, 5) is 2.11. The van der Waals surface area contributed by atoms with E-state index < -0.39 is 0 Å². The summed E-state index contributed by atoms with van der Waals surface area (Å²) in [7, 11) is 4.06. The van der Waals surface area contributed by atoms with Crippen LogP contribution in [-0.4, -0.2) is 44.1 Å². The lowest BCUT2D eigenvalue weighted by Crippen LogP contribution is -2.23. The highest BCUT2D eigenvalue weighted by Crippen LogP contribution is 2.25. The first-order valence-corrected chi connectivity index (χ1v) is 7.01. The number of rotatable bonds is 5. The van der Waals surface area contributed by atoms with Crippen LogP contribution in [0.5, 0.6) is 0 Å². The zero-order valence-electron chi connectivity index (χ0n) is 10.2. The van der Waals surface area contributed by atoms with Crippen LogP contribution in [0.4, 0.5) is 0 Å². The molecule has 0 aromatic carbocycles. The minimum Gasteiger partial charge on any atom is -0.318 e. The predicted octanol–water partition coefficient (Wildman–Crippen LogP) is 1.11. The Hall–Kier alpha value is -0.830. The van der Waals surface area contributed by atoms with Gasteiger partial charge >= 0.3 is 0 Å². The Morgan fingerprint density at radius 1 is 1.50 bits per heavy atom. The fraction of sp³-hybridized carbons (Fsp3) is 0.500. The number of nitrogens with zero attached hydrogens (tertiary/aromatic N) is 5. The van der Waals surface area contributed by atoms with Crippen molar-refractivity contribution in [3.05, 3.63) is 28.3 Å². The standard InChI is InChI=1S/C10H15BrN6S/c1-16(2)3-4-17-10(7(11)5-13-17)9(12)8-6-14-18-15-8/h5-6,9H,3-4,12H2,1-2H3. The van der Waals surface area contributed by atoms with Gasteiger partial charge in [-0.05, 0) is 30.0 Å². The van der Waals surface area contributed by atoms with Gasteiger partial charge in [-0.15, -0.1) is 0 Å². The van der Waals surface area contributed by atoms with E-state index in [-0.39, 0.29) is 6.04 Å². The normalized spacial score (nSPS) is 13.2. The number of aromatic nitrogens is 4. The molecule has 0 aliphatic carbocycles. The summed E-state index contributed by atoms with van der Waals surface area (Å²) in [6.45, 7) is 1.70. The maximum absolute atomic E-state index is 6.21. The summed E-state index contributed by atoms with van der Waals surface area (Å²) in [5, 5.41) is 4.34. The highest BCUT2D eigenvalue weighted by molar-refractivity contribution is 9.10. The van der Waals surface area contributed by atoms with Crippen LogP contribution in [0.1, 0.15) is 17.4 Å². The fourth-order valence-electron chi connectivity index (χ4n) is 1.60. The van der Waals surface area contributed by atoms with Crippen LogP contribution in [0, 0.1) is 0 Å². The molecule has 0 radical (unpaired) electrons. The van der Waals surface area contributed by atoms with Gasteiger partial charge in [0.25, 0.3) is 0 Å². The molecule has 0 amide bonds. The summed E-state index contributed by atoms with van der Waals surface area (Å²) < 4.78 is 11.0. The number of hydrogen-bond donors (Lipinski definition) is 1. The van der Waals surface area contributed by atoms with E-state index in [4.69, 9.17) is 5.73 Å². The molecule has 0 fully saturated rings. The number of likely N-dealkylation sites (N-methyl/N-ethyl adjacent to an activating group) is 1. The highest BCUT2D eigenvalue weighted by Gasteiger charge is 2.20. The third-order valence-corrected chi connectivity index (χ3v) is 3.69. The zero-order chi connectivity index (χ0) is 13.1. The van der Waals surface area contributed by atoms with Crippen molar-refractivity contribution in [2.45, 2.75) is 12.6 Å². The third kappa shape index (κ3) is 2.94. The Balaban J connectivity index is 2.23. The molecule has 0 saturated heterocycles. The number of hydrogen-bond acceptors (Lipinski definition) is 6. The lowest BCUT2D eigenvalue weighted by Gasteiger charge is -2.15. The van der Waals surface area contributed by atoms with E-state index in [0.717, 1.165) is 40.7 Å². The average Bonchev–Trinajstić information content (AvgIpc) is 2.94. The van der Waals surface area contributed by atoms with Gasteiger partial charge in [0, 0.05) is 6.54 Å². The molecule has 6 nitrogen and oxygen atoms in total. The van der Waals surface area contributed by atoms with Gasteiger partial charge in [0.15, 0.2) is 0 Å². The Labute approximate surface area is 118 Å². The van der Waals surface area contributed by atoms with Crippen LogP contribution in [0.2, 0.25) is 0 Å². The Morgan fingerprint density at radius 2 is 2.28 bits per heavy atom. The predicted molar refractivity (Wildman–Crippen MR) is 74.4 cm³/mol. The van der Waals surface area contributed by atoms with Crippen LogP contribution in [-0.2, 0) is 6.54 Å². The summed E-state index contributed by atoms with van der Waals surface area (Å²) in [6, 6.07) is -0.303. The van der Waals surface area contributed by atoms with Crippen molar-refractivity contribution in [1.29, 1.82) is 0 Å². The van der Waals surface area contributed by atoms with Gasteiger partial charge in [-0.1, -0.05) is 0 Å². The SMILES string of the molecule is CN(C)CCn1ncc(Br)c1C(N)c1cnsn1. The molecule has 2 aromatic heterocycles. The van der Waals surface area contributed by atoms with Crippen molar-refractivity contribution in [3.63, 3.8) is 0 Å². The van der Waals surface area contributed by atoms with Crippen molar-refractivity contribution in [2.75, 3.05) is 20.6 Å². The topological polar surface area (TPSA) is 72.9 Å². The van der Waals surface area contributed by atoms with Crippen LogP contribution in [0.25, 0.3) is 0 Å². The molecule has 98 valence electrons. The minimum absolute atomic E-state index is 0.303. The quantitative estimate of drug-likeness (QED) is 0.888. The van der Waals surface area contributed by atoms with Gasteiger partial charge < -0.3 is 10.6 Å². The summed E-state index contributed by atoms with van der Waals surface area (Å²) >= 11 is 4.65. The second-order valence-corrected chi connectivity index (χ2v) is 5.63. The lowest BCUT2D eigenvalue weighted by molar-refractivity contribution is 0.367. The monoisotopic (exact) mass is 330 g/mol. The first kappa shape index (κ1) is 13.6. The minimum atomic E-state index is -0.303. The van der Waals surface area contributed by atoms with Crippen molar-refractivity contribution in [3.8, 4) is 0 Å². The molecule has 0 aliphatic heterocycles. The first-order chi connectivity index (χ1) is 8.59. The average molecular weight is 331 g/mol. The van der Waals surface area contributed by atoms with Crippen molar-refractivity contribution in [2.24, 2.45) is 5.73 Å². The van der Waals surface area contributed by atoms with Crippen molar-refractivity contribution >= 4 is 27.7 Å². The van der Waals surface area contributed by atoms with E-state index >= 15 is 0 Å². The van der Waals surface area contributed by atoms with E-state index in [1.807, 2.05) is 18.8 Å². The van der Waals surface area contributed by atoms with Gasteiger partial charge in [0.1, 0.15) is 0 Å². The first-order valence-electron chi connectivity index (χ1n) is 5.48. The molecule has 0 aliphatic rings. The number of nitrogens with two attached hydrogens (primary N) is 1.